The number of benzene rings is 1. The Morgan fingerprint density at radius 3 is 2.16 bits per heavy atom. The van der Waals surface area contributed by atoms with E-state index in [0.717, 1.165) is 12.0 Å². The third-order valence-electron chi connectivity index (χ3n) is 3.32. The van der Waals surface area contributed by atoms with Gasteiger partial charge in [0.1, 0.15) is 0 Å². The molecule has 0 aromatic heterocycles. The van der Waals surface area contributed by atoms with Crippen LogP contribution in [0.25, 0.3) is 0 Å². The molecule has 0 spiro atoms. The summed E-state index contributed by atoms with van der Waals surface area (Å²) < 4.78 is 0. The number of hydrogen-bond donors (Lipinski definition) is 2. The maximum absolute atomic E-state index is 11.8. The van der Waals surface area contributed by atoms with E-state index in [1.54, 1.807) is 13.8 Å². The van der Waals surface area contributed by atoms with E-state index in [1.165, 1.54) is 5.56 Å². The summed E-state index contributed by atoms with van der Waals surface area (Å²) in [5.74, 6) is -1.64. The van der Waals surface area contributed by atoms with Crippen LogP contribution in [0.5, 0.6) is 0 Å². The largest absolute Gasteiger partial charge is 0.481 e. The molecule has 0 heterocycles. The number of carbonyl (C=O) groups is 2. The quantitative estimate of drug-likeness (QED) is 0.825. The van der Waals surface area contributed by atoms with Crippen molar-refractivity contribution in [2.75, 3.05) is 0 Å². The molecule has 1 rings (SSSR count). The van der Waals surface area contributed by atoms with E-state index in [2.05, 4.69) is 12.2 Å². The Morgan fingerprint density at radius 1 is 1.16 bits per heavy atom. The summed E-state index contributed by atoms with van der Waals surface area (Å²) in [5, 5.41) is 11.6. The number of rotatable bonds is 6. The summed E-state index contributed by atoms with van der Waals surface area (Å²) in [6.45, 7) is 5.37. The standard InChI is InChI=1S/C15H21NO3/c1-4-12-5-7-13(8-6-12)9-14(17)16-11(3)10(2)15(18)19/h5-8,10-11H,4,9H2,1-3H3,(H,16,17)(H,18,19). The van der Waals surface area contributed by atoms with E-state index in [-0.39, 0.29) is 18.4 Å². The summed E-state index contributed by atoms with van der Waals surface area (Å²) in [6, 6.07) is 7.51. The molecule has 0 saturated heterocycles. The Balaban J connectivity index is 2.52. The molecule has 4 nitrogen and oxygen atoms in total. The van der Waals surface area contributed by atoms with Crippen LogP contribution in [0, 0.1) is 5.92 Å². The number of hydrogen-bond acceptors (Lipinski definition) is 2. The molecule has 0 aliphatic heterocycles. The van der Waals surface area contributed by atoms with Gasteiger partial charge in [-0.2, -0.15) is 0 Å². The molecule has 0 aliphatic carbocycles. The van der Waals surface area contributed by atoms with Gasteiger partial charge >= 0.3 is 5.97 Å². The highest BCUT2D eigenvalue weighted by atomic mass is 16.4. The van der Waals surface area contributed by atoms with Crippen LogP contribution in [0.4, 0.5) is 0 Å². The van der Waals surface area contributed by atoms with Gasteiger partial charge in [-0.15, -0.1) is 0 Å². The van der Waals surface area contributed by atoms with Crippen LogP contribution in [-0.2, 0) is 22.4 Å². The normalized spacial score (nSPS) is 13.6. The molecule has 1 aromatic carbocycles. The van der Waals surface area contributed by atoms with Crippen LogP contribution < -0.4 is 5.32 Å². The number of amides is 1. The third-order valence-corrected chi connectivity index (χ3v) is 3.32. The smallest absolute Gasteiger partial charge is 0.308 e. The van der Waals surface area contributed by atoms with Crippen molar-refractivity contribution < 1.29 is 14.7 Å². The van der Waals surface area contributed by atoms with Gasteiger partial charge in [-0.3, -0.25) is 9.59 Å². The maximum atomic E-state index is 11.8. The second kappa shape index (κ2) is 6.92. The highest BCUT2D eigenvalue weighted by Crippen LogP contribution is 2.07. The first-order chi connectivity index (χ1) is 8.93. The first-order valence-corrected chi connectivity index (χ1v) is 6.54. The lowest BCUT2D eigenvalue weighted by Crippen LogP contribution is -2.40. The minimum absolute atomic E-state index is 0.148. The highest BCUT2D eigenvalue weighted by molar-refractivity contribution is 5.80. The molecule has 0 bridgehead atoms. The molecule has 0 radical (unpaired) electrons. The van der Waals surface area contributed by atoms with Crippen LogP contribution >= 0.6 is 0 Å². The fraction of sp³-hybridized carbons (Fsp3) is 0.467. The van der Waals surface area contributed by atoms with E-state index in [1.807, 2.05) is 24.3 Å². The van der Waals surface area contributed by atoms with Gasteiger partial charge in [0.25, 0.3) is 0 Å². The van der Waals surface area contributed by atoms with Crippen molar-refractivity contribution in [2.24, 2.45) is 5.92 Å². The zero-order chi connectivity index (χ0) is 14.4. The second-order valence-corrected chi connectivity index (χ2v) is 4.83. The topological polar surface area (TPSA) is 66.4 Å². The van der Waals surface area contributed by atoms with Gasteiger partial charge in [0, 0.05) is 6.04 Å². The summed E-state index contributed by atoms with van der Waals surface area (Å²) >= 11 is 0. The summed E-state index contributed by atoms with van der Waals surface area (Å²) in [4.78, 5) is 22.6. The molecule has 19 heavy (non-hydrogen) atoms. The zero-order valence-electron chi connectivity index (χ0n) is 11.6. The van der Waals surface area contributed by atoms with Gasteiger partial charge in [0.05, 0.1) is 12.3 Å². The van der Waals surface area contributed by atoms with Gasteiger partial charge in [-0.1, -0.05) is 31.2 Å². The zero-order valence-corrected chi connectivity index (χ0v) is 11.6. The maximum Gasteiger partial charge on any atom is 0.308 e. The SMILES string of the molecule is CCc1ccc(CC(=O)NC(C)C(C)C(=O)O)cc1. The lowest BCUT2D eigenvalue weighted by Gasteiger charge is -2.17. The minimum atomic E-state index is -0.903. The first kappa shape index (κ1) is 15.2. The number of nitrogens with one attached hydrogen (secondary N) is 1. The first-order valence-electron chi connectivity index (χ1n) is 6.54. The van der Waals surface area contributed by atoms with Crippen molar-refractivity contribution in [1.29, 1.82) is 0 Å². The van der Waals surface area contributed by atoms with E-state index in [0.29, 0.717) is 0 Å². The lowest BCUT2D eigenvalue weighted by atomic mass is 10.0. The molecule has 4 heteroatoms. The van der Waals surface area contributed by atoms with Crippen LogP contribution in [0.15, 0.2) is 24.3 Å². The van der Waals surface area contributed by atoms with E-state index in [9.17, 15) is 9.59 Å². The van der Waals surface area contributed by atoms with Gasteiger partial charge in [-0.25, -0.2) is 0 Å². The van der Waals surface area contributed by atoms with E-state index in [4.69, 9.17) is 5.11 Å². The Labute approximate surface area is 113 Å². The lowest BCUT2D eigenvalue weighted by molar-refractivity contribution is -0.142. The fourth-order valence-corrected chi connectivity index (χ4v) is 1.72. The Kier molecular flexibility index (Phi) is 5.55. The fourth-order valence-electron chi connectivity index (χ4n) is 1.72. The monoisotopic (exact) mass is 263 g/mol. The van der Waals surface area contributed by atoms with Crippen molar-refractivity contribution >= 4 is 11.9 Å². The van der Waals surface area contributed by atoms with Crippen molar-refractivity contribution in [3.05, 3.63) is 35.4 Å². The average molecular weight is 263 g/mol. The molecule has 2 atom stereocenters. The minimum Gasteiger partial charge on any atom is -0.481 e. The van der Waals surface area contributed by atoms with Gasteiger partial charge in [0.2, 0.25) is 5.91 Å². The molecule has 2 unspecified atom stereocenters. The Hall–Kier alpha value is -1.84. The van der Waals surface area contributed by atoms with Gasteiger partial charge < -0.3 is 10.4 Å². The molecule has 1 amide bonds. The van der Waals surface area contributed by atoms with Gasteiger partial charge in [0.15, 0.2) is 0 Å². The van der Waals surface area contributed by atoms with E-state index >= 15 is 0 Å². The second-order valence-electron chi connectivity index (χ2n) is 4.83. The van der Waals surface area contributed by atoms with Gasteiger partial charge in [-0.05, 0) is 31.4 Å². The average Bonchev–Trinajstić information content (AvgIpc) is 2.38. The molecule has 0 fully saturated rings. The van der Waals surface area contributed by atoms with Crippen LogP contribution in [0.3, 0.4) is 0 Å². The summed E-state index contributed by atoms with van der Waals surface area (Å²) in [5.41, 5.74) is 2.17. The Bertz CT molecular complexity index is 439. The summed E-state index contributed by atoms with van der Waals surface area (Å²) in [7, 11) is 0. The molecule has 0 saturated carbocycles. The molecule has 2 N–H and O–H groups in total. The van der Waals surface area contributed by atoms with Crippen molar-refractivity contribution in [3.8, 4) is 0 Å². The van der Waals surface area contributed by atoms with Crippen LogP contribution in [0.1, 0.15) is 31.9 Å². The van der Waals surface area contributed by atoms with Crippen molar-refractivity contribution in [1.82, 2.24) is 5.32 Å². The number of carboxylic acid groups (broad SMARTS) is 1. The molecular formula is C15H21NO3. The highest BCUT2D eigenvalue weighted by Gasteiger charge is 2.20. The predicted molar refractivity (Wildman–Crippen MR) is 73.9 cm³/mol. The van der Waals surface area contributed by atoms with Crippen LogP contribution in [-0.4, -0.2) is 23.0 Å². The van der Waals surface area contributed by atoms with Crippen molar-refractivity contribution in [3.63, 3.8) is 0 Å². The number of aliphatic carboxylic acids is 1. The van der Waals surface area contributed by atoms with Crippen molar-refractivity contribution in [2.45, 2.75) is 39.7 Å². The molecule has 1 aromatic rings. The number of carbonyl (C=O) groups excluding carboxylic acids is 1. The van der Waals surface area contributed by atoms with E-state index < -0.39 is 11.9 Å². The molecule has 0 aliphatic rings. The molecular weight excluding hydrogens is 242 g/mol. The number of carboxylic acids is 1. The predicted octanol–water partition coefficient (Wildman–Crippen LogP) is 2.02. The third kappa shape index (κ3) is 4.73. The number of aryl methyl sites for hydroxylation is 1. The van der Waals surface area contributed by atoms with Crippen LogP contribution in [0.2, 0.25) is 0 Å². The summed E-state index contributed by atoms with van der Waals surface area (Å²) in [6.07, 6.45) is 1.25. The molecule has 104 valence electrons. The Morgan fingerprint density at radius 2 is 1.68 bits per heavy atom.